The van der Waals surface area contributed by atoms with Crippen molar-refractivity contribution in [2.75, 3.05) is 19.4 Å². The van der Waals surface area contributed by atoms with Gasteiger partial charge in [0.2, 0.25) is 0 Å². The molecule has 0 aliphatic heterocycles. The molecule has 1 saturated carbocycles. The number of fused-ring (bicyclic) bond motifs is 1. The van der Waals surface area contributed by atoms with E-state index in [9.17, 15) is 4.79 Å². The number of nitrogens with one attached hydrogen (secondary N) is 1. The molecule has 1 aliphatic carbocycles. The summed E-state index contributed by atoms with van der Waals surface area (Å²) in [5.74, 6) is -0.0813. The molecule has 20 heavy (non-hydrogen) atoms. The Bertz CT molecular complexity index is 643. The lowest BCUT2D eigenvalue weighted by molar-refractivity contribution is -0.0679. The van der Waals surface area contributed by atoms with Crippen molar-refractivity contribution in [3.05, 3.63) is 23.8 Å². The van der Waals surface area contributed by atoms with E-state index in [1.807, 2.05) is 12.1 Å². The van der Waals surface area contributed by atoms with Crippen LogP contribution in [0.15, 0.2) is 18.2 Å². The molecule has 1 aliphatic rings. The van der Waals surface area contributed by atoms with Gasteiger partial charge in [0.1, 0.15) is 0 Å². The van der Waals surface area contributed by atoms with Crippen LogP contribution in [0.5, 0.6) is 0 Å². The van der Waals surface area contributed by atoms with Crippen molar-refractivity contribution in [3.8, 4) is 0 Å². The molecule has 0 radical (unpaired) electrons. The zero-order valence-electron chi connectivity index (χ0n) is 11.3. The van der Waals surface area contributed by atoms with E-state index in [2.05, 4.69) is 10.3 Å². The standard InChI is InChI=1S/C14H17N3O2S/c1-19-14(5-2-6-14)8-16-12(18)9-3-4-10-11(7-9)20-13(15)17-10/h3-4,7H,2,5-6,8H2,1H3,(H2,15,17)(H,16,18). The third-order valence-electron chi connectivity index (χ3n) is 3.94. The SMILES string of the molecule is COC1(CNC(=O)c2ccc3nc(N)sc3c2)CCC1. The van der Waals surface area contributed by atoms with Gasteiger partial charge < -0.3 is 15.8 Å². The first-order valence-electron chi connectivity index (χ1n) is 6.61. The highest BCUT2D eigenvalue weighted by atomic mass is 32.1. The van der Waals surface area contributed by atoms with Gasteiger partial charge in [-0.3, -0.25) is 4.79 Å². The summed E-state index contributed by atoms with van der Waals surface area (Å²) in [6.07, 6.45) is 3.18. The lowest BCUT2D eigenvalue weighted by Gasteiger charge is -2.40. The minimum atomic E-state index is -0.158. The summed E-state index contributed by atoms with van der Waals surface area (Å²) in [4.78, 5) is 16.4. The van der Waals surface area contributed by atoms with E-state index in [0.29, 0.717) is 17.2 Å². The summed E-state index contributed by atoms with van der Waals surface area (Å²) in [5, 5.41) is 3.47. The Morgan fingerprint density at radius 1 is 1.55 bits per heavy atom. The van der Waals surface area contributed by atoms with Crippen LogP contribution in [0.4, 0.5) is 5.13 Å². The Morgan fingerprint density at radius 3 is 3.00 bits per heavy atom. The molecule has 5 nitrogen and oxygen atoms in total. The first-order valence-corrected chi connectivity index (χ1v) is 7.43. The highest BCUT2D eigenvalue weighted by molar-refractivity contribution is 7.22. The molecule has 1 heterocycles. The predicted molar refractivity (Wildman–Crippen MR) is 80.0 cm³/mol. The van der Waals surface area contributed by atoms with Crippen LogP contribution in [0.25, 0.3) is 10.2 Å². The fourth-order valence-corrected chi connectivity index (χ4v) is 3.22. The second-order valence-electron chi connectivity index (χ2n) is 5.16. The number of amides is 1. The van der Waals surface area contributed by atoms with Crippen molar-refractivity contribution >= 4 is 32.6 Å². The Kier molecular flexibility index (Phi) is 3.35. The maximum Gasteiger partial charge on any atom is 0.251 e. The van der Waals surface area contributed by atoms with Gasteiger partial charge in [-0.15, -0.1) is 0 Å². The number of carbonyl (C=O) groups is 1. The van der Waals surface area contributed by atoms with Crippen LogP contribution in [0, 0.1) is 0 Å². The average molecular weight is 291 g/mol. The van der Waals surface area contributed by atoms with Crippen molar-refractivity contribution in [2.24, 2.45) is 0 Å². The van der Waals surface area contributed by atoms with Crippen molar-refractivity contribution in [2.45, 2.75) is 24.9 Å². The van der Waals surface area contributed by atoms with Crippen molar-refractivity contribution in [1.82, 2.24) is 10.3 Å². The number of nitrogen functional groups attached to an aromatic ring is 1. The molecule has 1 fully saturated rings. The minimum absolute atomic E-state index is 0.0813. The number of thiazole rings is 1. The molecule has 0 bridgehead atoms. The Labute approximate surface area is 121 Å². The molecule has 2 aromatic rings. The van der Waals surface area contributed by atoms with E-state index >= 15 is 0 Å². The van der Waals surface area contributed by atoms with Crippen LogP contribution >= 0.6 is 11.3 Å². The van der Waals surface area contributed by atoms with Crippen LogP contribution in [0.3, 0.4) is 0 Å². The Hall–Kier alpha value is -1.66. The summed E-state index contributed by atoms with van der Waals surface area (Å²) in [7, 11) is 1.71. The minimum Gasteiger partial charge on any atom is -0.376 e. The Balaban J connectivity index is 1.71. The fourth-order valence-electron chi connectivity index (χ4n) is 2.45. The molecule has 6 heteroatoms. The van der Waals surface area contributed by atoms with Crippen molar-refractivity contribution in [3.63, 3.8) is 0 Å². The third-order valence-corrected chi connectivity index (χ3v) is 4.78. The number of nitrogens with two attached hydrogens (primary N) is 1. The van der Waals surface area contributed by atoms with Crippen LogP contribution in [-0.4, -0.2) is 30.1 Å². The average Bonchev–Trinajstić information content (AvgIpc) is 2.76. The van der Waals surface area contributed by atoms with E-state index in [0.717, 1.165) is 29.5 Å². The van der Waals surface area contributed by atoms with E-state index in [1.54, 1.807) is 13.2 Å². The molecule has 0 atom stereocenters. The number of hydrogen-bond acceptors (Lipinski definition) is 5. The molecule has 0 saturated heterocycles. The van der Waals surface area contributed by atoms with Gasteiger partial charge in [-0.05, 0) is 37.5 Å². The smallest absolute Gasteiger partial charge is 0.251 e. The summed E-state index contributed by atoms with van der Waals surface area (Å²) in [6, 6.07) is 5.43. The monoisotopic (exact) mass is 291 g/mol. The van der Waals surface area contributed by atoms with Gasteiger partial charge in [-0.2, -0.15) is 0 Å². The second-order valence-corrected chi connectivity index (χ2v) is 6.22. The van der Waals surface area contributed by atoms with E-state index in [4.69, 9.17) is 10.5 Å². The van der Waals surface area contributed by atoms with Crippen LogP contribution in [0.2, 0.25) is 0 Å². The van der Waals surface area contributed by atoms with Crippen LogP contribution in [-0.2, 0) is 4.74 Å². The van der Waals surface area contributed by atoms with E-state index in [1.165, 1.54) is 11.3 Å². The summed E-state index contributed by atoms with van der Waals surface area (Å²) in [6.45, 7) is 0.561. The predicted octanol–water partition coefficient (Wildman–Crippen LogP) is 2.18. The molecular weight excluding hydrogens is 274 g/mol. The molecule has 1 aromatic carbocycles. The van der Waals surface area contributed by atoms with Gasteiger partial charge in [0.15, 0.2) is 5.13 Å². The molecular formula is C14H17N3O2S. The van der Waals surface area contributed by atoms with E-state index in [-0.39, 0.29) is 11.5 Å². The zero-order valence-corrected chi connectivity index (χ0v) is 12.1. The largest absolute Gasteiger partial charge is 0.376 e. The second kappa shape index (κ2) is 5.03. The number of rotatable bonds is 4. The summed E-state index contributed by atoms with van der Waals surface area (Å²) < 4.78 is 6.43. The Morgan fingerprint density at radius 2 is 2.35 bits per heavy atom. The number of hydrogen-bond donors (Lipinski definition) is 2. The number of aromatic nitrogens is 1. The zero-order chi connectivity index (χ0) is 14.2. The van der Waals surface area contributed by atoms with Crippen molar-refractivity contribution < 1.29 is 9.53 Å². The fraction of sp³-hybridized carbons (Fsp3) is 0.429. The van der Waals surface area contributed by atoms with Gasteiger partial charge in [0.05, 0.1) is 15.8 Å². The lowest BCUT2D eigenvalue weighted by Crippen LogP contribution is -2.49. The number of nitrogens with zero attached hydrogens (tertiary/aromatic N) is 1. The summed E-state index contributed by atoms with van der Waals surface area (Å²) >= 11 is 1.39. The van der Waals surface area contributed by atoms with Gasteiger partial charge >= 0.3 is 0 Å². The van der Waals surface area contributed by atoms with Gasteiger partial charge in [0, 0.05) is 19.2 Å². The number of benzene rings is 1. The maximum atomic E-state index is 12.2. The first-order chi connectivity index (χ1) is 9.62. The molecule has 1 aromatic heterocycles. The molecule has 0 spiro atoms. The topological polar surface area (TPSA) is 77.2 Å². The maximum absolute atomic E-state index is 12.2. The quantitative estimate of drug-likeness (QED) is 0.905. The van der Waals surface area contributed by atoms with E-state index < -0.39 is 0 Å². The highest BCUT2D eigenvalue weighted by Crippen LogP contribution is 2.34. The molecule has 3 rings (SSSR count). The van der Waals surface area contributed by atoms with Crippen LogP contribution < -0.4 is 11.1 Å². The third kappa shape index (κ3) is 2.36. The van der Waals surface area contributed by atoms with Crippen LogP contribution in [0.1, 0.15) is 29.6 Å². The highest BCUT2D eigenvalue weighted by Gasteiger charge is 2.37. The molecule has 106 valence electrons. The molecule has 1 amide bonds. The van der Waals surface area contributed by atoms with Gasteiger partial charge in [-0.1, -0.05) is 11.3 Å². The number of methoxy groups -OCH3 is 1. The summed E-state index contributed by atoms with van der Waals surface area (Å²) in [5.41, 5.74) is 6.97. The molecule has 0 unspecified atom stereocenters. The van der Waals surface area contributed by atoms with Gasteiger partial charge in [-0.25, -0.2) is 4.98 Å². The van der Waals surface area contributed by atoms with Crippen molar-refractivity contribution in [1.29, 1.82) is 0 Å². The lowest BCUT2D eigenvalue weighted by atomic mass is 9.80. The first kappa shape index (κ1) is 13.3. The number of carbonyl (C=O) groups excluding carboxylic acids is 1. The number of ether oxygens (including phenoxy) is 1. The van der Waals surface area contributed by atoms with Gasteiger partial charge in [0.25, 0.3) is 5.91 Å². The normalized spacial score (nSPS) is 16.9. The molecule has 3 N–H and O–H groups in total. The number of anilines is 1.